The normalized spacial score (nSPS) is 24.9. The van der Waals surface area contributed by atoms with Gasteiger partial charge in [0.15, 0.2) is 0 Å². The molecule has 2 aromatic carbocycles. The zero-order valence-electron chi connectivity index (χ0n) is 14.0. The molecule has 2 heterocycles. The Morgan fingerprint density at radius 3 is 1.42 bits per heavy atom. The van der Waals surface area contributed by atoms with Crippen molar-refractivity contribution in [3.05, 3.63) is 71.8 Å². The highest BCUT2D eigenvalue weighted by molar-refractivity contribution is 7.80. The standard InChI is InChI=1S/C21H24N2S/c24-21-19-13-22(11-17-7-3-1-4-8-17)14-20(21)16-23(15-19)12-18-9-5-2-6-10-18/h1-10,19-20H,11-16H2. The van der Waals surface area contributed by atoms with E-state index in [-0.39, 0.29) is 0 Å². The van der Waals surface area contributed by atoms with Crippen LogP contribution < -0.4 is 0 Å². The first kappa shape index (κ1) is 15.9. The van der Waals surface area contributed by atoms with Crippen LogP contribution in [-0.2, 0) is 13.1 Å². The van der Waals surface area contributed by atoms with Gasteiger partial charge in [-0.1, -0.05) is 72.9 Å². The molecule has 0 amide bonds. The molecular weight excluding hydrogens is 312 g/mol. The van der Waals surface area contributed by atoms with E-state index in [1.54, 1.807) is 0 Å². The minimum Gasteiger partial charge on any atom is -0.298 e. The lowest BCUT2D eigenvalue weighted by Gasteiger charge is -2.46. The van der Waals surface area contributed by atoms with Gasteiger partial charge in [-0.15, -0.1) is 0 Å². The van der Waals surface area contributed by atoms with E-state index in [1.165, 1.54) is 16.0 Å². The number of benzene rings is 2. The summed E-state index contributed by atoms with van der Waals surface area (Å²) >= 11 is 5.78. The van der Waals surface area contributed by atoms with Gasteiger partial charge in [-0.25, -0.2) is 0 Å². The number of nitrogens with zero attached hydrogens (tertiary/aromatic N) is 2. The Morgan fingerprint density at radius 1 is 0.667 bits per heavy atom. The average molecular weight is 337 g/mol. The molecule has 0 saturated carbocycles. The van der Waals surface area contributed by atoms with Crippen LogP contribution in [0.4, 0.5) is 0 Å². The predicted molar refractivity (Wildman–Crippen MR) is 103 cm³/mol. The smallest absolute Gasteiger partial charge is 0.0234 e. The zero-order chi connectivity index (χ0) is 16.4. The Balaban J connectivity index is 1.40. The quantitative estimate of drug-likeness (QED) is 0.788. The summed E-state index contributed by atoms with van der Waals surface area (Å²) in [5.41, 5.74) is 2.81. The van der Waals surface area contributed by atoms with Crippen LogP contribution in [0, 0.1) is 11.8 Å². The van der Waals surface area contributed by atoms with Crippen LogP contribution in [0.25, 0.3) is 0 Å². The SMILES string of the molecule is S=C1C2CN(Cc3ccccc3)CC1CN(Cc1ccccc1)C2. The van der Waals surface area contributed by atoms with Crippen molar-refractivity contribution in [2.45, 2.75) is 13.1 Å². The second kappa shape index (κ2) is 7.14. The molecule has 0 aromatic heterocycles. The predicted octanol–water partition coefficient (Wildman–Crippen LogP) is 3.62. The first-order valence-corrected chi connectivity index (χ1v) is 9.25. The molecule has 0 atom stereocenters. The molecule has 4 rings (SSSR count). The van der Waals surface area contributed by atoms with E-state index in [9.17, 15) is 0 Å². The molecule has 2 aromatic rings. The van der Waals surface area contributed by atoms with Crippen molar-refractivity contribution >= 4 is 17.1 Å². The zero-order valence-corrected chi connectivity index (χ0v) is 14.8. The minimum atomic E-state index is 0.542. The van der Waals surface area contributed by atoms with E-state index in [0.717, 1.165) is 39.3 Å². The minimum absolute atomic E-state index is 0.542. The molecular formula is C21H24N2S. The van der Waals surface area contributed by atoms with Crippen molar-refractivity contribution in [3.8, 4) is 0 Å². The van der Waals surface area contributed by atoms with Gasteiger partial charge in [-0.2, -0.15) is 0 Å². The largest absolute Gasteiger partial charge is 0.298 e. The Morgan fingerprint density at radius 2 is 1.04 bits per heavy atom. The molecule has 124 valence electrons. The fraction of sp³-hybridized carbons (Fsp3) is 0.381. The van der Waals surface area contributed by atoms with Crippen molar-refractivity contribution in [1.82, 2.24) is 9.80 Å². The van der Waals surface area contributed by atoms with Gasteiger partial charge in [0.1, 0.15) is 0 Å². The van der Waals surface area contributed by atoms with E-state index in [0.29, 0.717) is 11.8 Å². The average Bonchev–Trinajstić information content (AvgIpc) is 2.59. The number of piperidine rings is 2. The molecule has 2 saturated heterocycles. The lowest BCUT2D eigenvalue weighted by molar-refractivity contribution is 0.105. The van der Waals surface area contributed by atoms with E-state index < -0.39 is 0 Å². The highest BCUT2D eigenvalue weighted by atomic mass is 32.1. The summed E-state index contributed by atoms with van der Waals surface area (Å²) in [7, 11) is 0. The van der Waals surface area contributed by atoms with Gasteiger partial charge in [-0.05, 0) is 11.1 Å². The Labute approximate surface area is 150 Å². The Hall–Kier alpha value is -1.55. The van der Waals surface area contributed by atoms with E-state index in [1.807, 2.05) is 0 Å². The van der Waals surface area contributed by atoms with Gasteiger partial charge in [0, 0.05) is 56.0 Å². The monoisotopic (exact) mass is 336 g/mol. The van der Waals surface area contributed by atoms with Crippen molar-refractivity contribution in [2.24, 2.45) is 11.8 Å². The second-order valence-electron chi connectivity index (χ2n) is 7.16. The number of fused-ring (bicyclic) bond motifs is 2. The summed E-state index contributed by atoms with van der Waals surface area (Å²) in [6, 6.07) is 21.6. The van der Waals surface area contributed by atoms with Crippen molar-refractivity contribution in [2.75, 3.05) is 26.2 Å². The van der Waals surface area contributed by atoms with Crippen LogP contribution in [0.5, 0.6) is 0 Å². The van der Waals surface area contributed by atoms with E-state index >= 15 is 0 Å². The van der Waals surface area contributed by atoms with Gasteiger partial charge in [0.2, 0.25) is 0 Å². The first-order chi connectivity index (χ1) is 11.8. The number of thiocarbonyl (C=S) groups is 1. The van der Waals surface area contributed by atoms with Gasteiger partial charge >= 0.3 is 0 Å². The van der Waals surface area contributed by atoms with Crippen LogP contribution in [0.1, 0.15) is 11.1 Å². The highest BCUT2D eigenvalue weighted by Gasteiger charge is 2.38. The van der Waals surface area contributed by atoms with Gasteiger partial charge in [0.05, 0.1) is 0 Å². The molecule has 2 bridgehead atoms. The number of rotatable bonds is 4. The summed E-state index contributed by atoms with van der Waals surface area (Å²) in [5, 5.41) is 0. The third kappa shape index (κ3) is 3.59. The maximum atomic E-state index is 5.78. The maximum Gasteiger partial charge on any atom is 0.0234 e. The maximum absolute atomic E-state index is 5.78. The molecule has 0 N–H and O–H groups in total. The highest BCUT2D eigenvalue weighted by Crippen LogP contribution is 2.28. The van der Waals surface area contributed by atoms with Crippen molar-refractivity contribution in [1.29, 1.82) is 0 Å². The molecule has 0 aliphatic carbocycles. The Bertz CT molecular complexity index is 614. The lowest BCUT2D eigenvalue weighted by Crippen LogP contribution is -2.57. The topological polar surface area (TPSA) is 6.48 Å². The molecule has 2 aliphatic heterocycles. The van der Waals surface area contributed by atoms with Crippen molar-refractivity contribution in [3.63, 3.8) is 0 Å². The Kier molecular flexibility index (Phi) is 4.74. The summed E-state index contributed by atoms with van der Waals surface area (Å²) in [5.74, 6) is 1.08. The molecule has 3 heteroatoms. The summed E-state index contributed by atoms with van der Waals surface area (Å²) in [6.45, 7) is 6.53. The first-order valence-electron chi connectivity index (χ1n) is 8.84. The number of hydrogen-bond acceptors (Lipinski definition) is 3. The molecule has 2 fully saturated rings. The fourth-order valence-corrected chi connectivity index (χ4v) is 4.44. The number of likely N-dealkylation sites (tertiary alicyclic amines) is 2. The molecule has 2 aliphatic rings. The summed E-state index contributed by atoms with van der Waals surface area (Å²) in [4.78, 5) is 6.52. The third-order valence-corrected chi connectivity index (χ3v) is 5.88. The summed E-state index contributed by atoms with van der Waals surface area (Å²) in [6.07, 6.45) is 0. The van der Waals surface area contributed by atoms with Gasteiger partial charge in [0.25, 0.3) is 0 Å². The third-order valence-electron chi connectivity index (χ3n) is 5.22. The van der Waals surface area contributed by atoms with Gasteiger partial charge in [-0.3, -0.25) is 9.80 Å². The van der Waals surface area contributed by atoms with Crippen LogP contribution in [0.15, 0.2) is 60.7 Å². The molecule has 24 heavy (non-hydrogen) atoms. The molecule has 0 spiro atoms. The van der Waals surface area contributed by atoms with Crippen LogP contribution in [-0.4, -0.2) is 40.8 Å². The van der Waals surface area contributed by atoms with E-state index in [2.05, 4.69) is 70.5 Å². The van der Waals surface area contributed by atoms with Crippen LogP contribution in [0.2, 0.25) is 0 Å². The molecule has 0 unspecified atom stereocenters. The molecule has 0 radical (unpaired) electrons. The number of hydrogen-bond donors (Lipinski definition) is 0. The van der Waals surface area contributed by atoms with Crippen LogP contribution in [0.3, 0.4) is 0 Å². The molecule has 2 nitrogen and oxygen atoms in total. The van der Waals surface area contributed by atoms with Gasteiger partial charge < -0.3 is 0 Å². The van der Waals surface area contributed by atoms with Crippen LogP contribution >= 0.6 is 12.2 Å². The fourth-order valence-electron chi connectivity index (χ4n) is 4.15. The van der Waals surface area contributed by atoms with Crippen molar-refractivity contribution < 1.29 is 0 Å². The van der Waals surface area contributed by atoms with E-state index in [4.69, 9.17) is 12.2 Å². The second-order valence-corrected chi connectivity index (χ2v) is 7.63. The lowest BCUT2D eigenvalue weighted by atomic mass is 9.84. The summed E-state index contributed by atoms with van der Waals surface area (Å²) < 4.78 is 0.